The summed E-state index contributed by atoms with van der Waals surface area (Å²) >= 11 is 0. The van der Waals surface area contributed by atoms with Crippen molar-refractivity contribution in [2.24, 2.45) is 0 Å². The summed E-state index contributed by atoms with van der Waals surface area (Å²) in [5.74, 6) is -0.374. The molecule has 1 amide bonds. The van der Waals surface area contributed by atoms with Crippen molar-refractivity contribution in [1.82, 2.24) is 5.32 Å². The van der Waals surface area contributed by atoms with E-state index >= 15 is 0 Å². The van der Waals surface area contributed by atoms with E-state index in [0.29, 0.717) is 0 Å². The number of carbonyl (C=O) groups excluding carboxylic acids is 2. The highest BCUT2D eigenvalue weighted by Gasteiger charge is 2.09. The first-order valence-corrected chi connectivity index (χ1v) is 5.68. The number of amides is 1. The predicted molar refractivity (Wildman–Crippen MR) is 65.9 cm³/mol. The summed E-state index contributed by atoms with van der Waals surface area (Å²) in [6.45, 7) is 3.40. The molecule has 0 aliphatic carbocycles. The lowest BCUT2D eigenvalue weighted by Crippen LogP contribution is -2.36. The average Bonchev–Trinajstić information content (AvgIpc) is 2.35. The zero-order valence-corrected chi connectivity index (χ0v) is 10.5. The van der Waals surface area contributed by atoms with Crippen molar-refractivity contribution in [2.75, 3.05) is 6.61 Å². The van der Waals surface area contributed by atoms with Crippen LogP contribution >= 0.6 is 0 Å². The van der Waals surface area contributed by atoms with Gasteiger partial charge in [0.1, 0.15) is 13.2 Å². The van der Waals surface area contributed by atoms with E-state index in [0.717, 1.165) is 5.56 Å². The Balaban J connectivity index is 2.23. The maximum absolute atomic E-state index is 11.4. The Morgan fingerprint density at radius 3 is 2.50 bits per heavy atom. The van der Waals surface area contributed by atoms with Gasteiger partial charge in [-0.15, -0.1) is 0 Å². The minimum atomic E-state index is -0.529. The highest BCUT2D eigenvalue weighted by molar-refractivity contribution is 5.68. The van der Waals surface area contributed by atoms with Gasteiger partial charge in [0, 0.05) is 6.92 Å². The molecular formula is C13H17NO4. The monoisotopic (exact) mass is 251 g/mol. The quantitative estimate of drug-likeness (QED) is 0.811. The Kier molecular flexibility index (Phi) is 5.70. The van der Waals surface area contributed by atoms with Crippen LogP contribution < -0.4 is 5.32 Å². The van der Waals surface area contributed by atoms with E-state index in [9.17, 15) is 9.59 Å². The third-order valence-electron chi connectivity index (χ3n) is 2.11. The molecule has 0 bridgehead atoms. The fourth-order valence-electron chi connectivity index (χ4n) is 1.25. The molecule has 0 saturated carbocycles. The minimum absolute atomic E-state index is 0.135. The zero-order chi connectivity index (χ0) is 13.4. The maximum atomic E-state index is 11.4. The normalized spacial score (nSPS) is 11.4. The van der Waals surface area contributed by atoms with Crippen molar-refractivity contribution >= 4 is 12.1 Å². The summed E-state index contributed by atoms with van der Waals surface area (Å²) in [6.07, 6.45) is -0.529. The summed E-state index contributed by atoms with van der Waals surface area (Å²) in [5.41, 5.74) is 0.917. The fourth-order valence-corrected chi connectivity index (χ4v) is 1.25. The van der Waals surface area contributed by atoms with E-state index in [1.165, 1.54) is 6.92 Å². The number of alkyl carbamates (subject to hydrolysis) is 1. The fraction of sp³-hybridized carbons (Fsp3) is 0.385. The Morgan fingerprint density at radius 2 is 1.89 bits per heavy atom. The molecule has 0 fully saturated rings. The molecule has 0 heterocycles. The number of ether oxygens (including phenoxy) is 2. The van der Waals surface area contributed by atoms with Gasteiger partial charge in [-0.1, -0.05) is 30.3 Å². The highest BCUT2D eigenvalue weighted by atomic mass is 16.6. The first kappa shape index (κ1) is 14.0. The van der Waals surface area contributed by atoms with Gasteiger partial charge in [-0.25, -0.2) is 4.79 Å². The molecule has 1 N–H and O–H groups in total. The summed E-state index contributed by atoms with van der Waals surface area (Å²) in [5, 5.41) is 2.57. The topological polar surface area (TPSA) is 64.6 Å². The van der Waals surface area contributed by atoms with Gasteiger partial charge >= 0.3 is 12.1 Å². The van der Waals surface area contributed by atoms with E-state index in [2.05, 4.69) is 5.32 Å². The number of hydrogen-bond donors (Lipinski definition) is 1. The van der Waals surface area contributed by atoms with Gasteiger partial charge in [-0.2, -0.15) is 0 Å². The van der Waals surface area contributed by atoms with Crippen LogP contribution in [-0.2, 0) is 20.9 Å². The van der Waals surface area contributed by atoms with Crippen molar-refractivity contribution in [2.45, 2.75) is 26.5 Å². The molecule has 0 aliphatic rings. The lowest BCUT2D eigenvalue weighted by molar-refractivity contribution is -0.141. The molecule has 1 rings (SSSR count). The molecule has 1 atom stereocenters. The van der Waals surface area contributed by atoms with E-state index in [4.69, 9.17) is 9.47 Å². The second kappa shape index (κ2) is 7.32. The number of esters is 1. The van der Waals surface area contributed by atoms with Crippen molar-refractivity contribution in [3.8, 4) is 0 Å². The molecule has 0 aromatic heterocycles. The summed E-state index contributed by atoms with van der Waals surface area (Å²) < 4.78 is 9.77. The molecular weight excluding hydrogens is 234 g/mol. The Bertz CT molecular complexity index is 391. The van der Waals surface area contributed by atoms with Gasteiger partial charge in [0.2, 0.25) is 0 Å². The Morgan fingerprint density at radius 1 is 1.22 bits per heavy atom. The molecule has 0 radical (unpaired) electrons. The van der Waals surface area contributed by atoms with Gasteiger partial charge in [0.15, 0.2) is 0 Å². The van der Waals surface area contributed by atoms with Crippen LogP contribution in [0.25, 0.3) is 0 Å². The largest absolute Gasteiger partial charge is 0.464 e. The molecule has 18 heavy (non-hydrogen) atoms. The first-order valence-electron chi connectivity index (χ1n) is 5.68. The minimum Gasteiger partial charge on any atom is -0.464 e. The number of benzene rings is 1. The molecule has 5 heteroatoms. The smallest absolute Gasteiger partial charge is 0.407 e. The number of rotatable bonds is 5. The van der Waals surface area contributed by atoms with Crippen LogP contribution in [0.4, 0.5) is 4.79 Å². The van der Waals surface area contributed by atoms with Crippen molar-refractivity contribution < 1.29 is 19.1 Å². The van der Waals surface area contributed by atoms with Crippen LogP contribution in [0.15, 0.2) is 30.3 Å². The summed E-state index contributed by atoms with van der Waals surface area (Å²) in [4.78, 5) is 22.0. The van der Waals surface area contributed by atoms with Gasteiger partial charge < -0.3 is 14.8 Å². The maximum Gasteiger partial charge on any atom is 0.407 e. The van der Waals surface area contributed by atoms with Crippen LogP contribution in [0.5, 0.6) is 0 Å². The molecule has 1 aromatic carbocycles. The average molecular weight is 251 g/mol. The van der Waals surface area contributed by atoms with E-state index in [1.807, 2.05) is 30.3 Å². The van der Waals surface area contributed by atoms with Gasteiger partial charge in [0.05, 0.1) is 6.04 Å². The van der Waals surface area contributed by atoms with E-state index in [-0.39, 0.29) is 25.2 Å². The Hall–Kier alpha value is -2.04. The lowest BCUT2D eigenvalue weighted by Gasteiger charge is -2.13. The molecule has 1 aromatic rings. The highest BCUT2D eigenvalue weighted by Crippen LogP contribution is 2.00. The van der Waals surface area contributed by atoms with Gasteiger partial charge in [0.25, 0.3) is 0 Å². The molecule has 0 spiro atoms. The van der Waals surface area contributed by atoms with Crippen LogP contribution in [-0.4, -0.2) is 24.7 Å². The molecule has 0 aliphatic heterocycles. The summed E-state index contributed by atoms with van der Waals surface area (Å²) in [7, 11) is 0. The molecule has 0 unspecified atom stereocenters. The zero-order valence-electron chi connectivity index (χ0n) is 10.5. The third-order valence-corrected chi connectivity index (χ3v) is 2.11. The van der Waals surface area contributed by atoms with Gasteiger partial charge in [-0.3, -0.25) is 4.79 Å². The third kappa shape index (κ3) is 5.89. The van der Waals surface area contributed by atoms with Crippen LogP contribution in [0.3, 0.4) is 0 Å². The lowest BCUT2D eigenvalue weighted by atomic mass is 10.2. The Labute approximate surface area is 106 Å². The van der Waals surface area contributed by atoms with Crippen molar-refractivity contribution in [1.29, 1.82) is 0 Å². The number of carbonyl (C=O) groups is 2. The SMILES string of the molecule is CC(=O)OC[C@@H](C)NC(=O)OCc1ccccc1. The number of hydrogen-bond acceptors (Lipinski definition) is 4. The molecule has 0 saturated heterocycles. The first-order chi connectivity index (χ1) is 8.58. The van der Waals surface area contributed by atoms with E-state index < -0.39 is 6.09 Å². The summed E-state index contributed by atoms with van der Waals surface area (Å²) in [6, 6.07) is 9.10. The molecule has 5 nitrogen and oxygen atoms in total. The van der Waals surface area contributed by atoms with Crippen LogP contribution in [0.2, 0.25) is 0 Å². The standard InChI is InChI=1S/C13H17NO4/c1-10(8-17-11(2)15)14-13(16)18-9-12-6-4-3-5-7-12/h3-7,10H,8-9H2,1-2H3,(H,14,16)/t10-/m1/s1. The second-order valence-corrected chi connectivity index (χ2v) is 3.91. The van der Waals surface area contributed by atoms with Crippen molar-refractivity contribution in [3.63, 3.8) is 0 Å². The predicted octanol–water partition coefficient (Wildman–Crippen LogP) is 1.86. The van der Waals surface area contributed by atoms with E-state index in [1.54, 1.807) is 6.92 Å². The molecule has 98 valence electrons. The number of nitrogens with one attached hydrogen (secondary N) is 1. The van der Waals surface area contributed by atoms with Gasteiger partial charge in [-0.05, 0) is 12.5 Å². The second-order valence-electron chi connectivity index (χ2n) is 3.91. The van der Waals surface area contributed by atoms with Crippen LogP contribution in [0, 0.1) is 0 Å². The van der Waals surface area contributed by atoms with Crippen molar-refractivity contribution in [3.05, 3.63) is 35.9 Å². The van der Waals surface area contributed by atoms with Crippen LogP contribution in [0.1, 0.15) is 19.4 Å².